The molecule has 0 radical (unpaired) electrons. The molecule has 0 bridgehead atoms. The number of hydrogen-bond acceptors (Lipinski definition) is 6. The highest BCUT2D eigenvalue weighted by Crippen LogP contribution is 1.92. The zero-order valence-electron chi connectivity index (χ0n) is 10.0. The van der Waals surface area contributed by atoms with Crippen LogP contribution in [-0.4, -0.2) is 62.7 Å². The van der Waals surface area contributed by atoms with Crippen molar-refractivity contribution in [2.75, 3.05) is 34.0 Å². The average Bonchev–Trinajstić information content (AvgIpc) is 2.23. The van der Waals surface area contributed by atoms with Crippen LogP contribution in [0.25, 0.3) is 0 Å². The van der Waals surface area contributed by atoms with Crippen molar-refractivity contribution < 1.29 is 38.7 Å². The molecule has 0 saturated carbocycles. The second kappa shape index (κ2) is 12.5. The predicted molar refractivity (Wildman–Crippen MR) is 56.3 cm³/mol. The summed E-state index contributed by atoms with van der Waals surface area (Å²) in [5.74, 6) is 0. The Morgan fingerprint density at radius 3 is 1.82 bits per heavy atom. The van der Waals surface area contributed by atoms with Crippen LogP contribution in [0.1, 0.15) is 6.92 Å². The van der Waals surface area contributed by atoms with Gasteiger partial charge >= 0.3 is 12.3 Å². The third-order valence-electron chi connectivity index (χ3n) is 1.24. The van der Waals surface area contributed by atoms with Gasteiger partial charge in [-0.05, 0) is 6.92 Å². The molecule has 0 heterocycles. The normalized spacial score (nSPS) is 10.8. The summed E-state index contributed by atoms with van der Waals surface area (Å²) in [6, 6.07) is 0. The van der Waals surface area contributed by atoms with Gasteiger partial charge in [-0.25, -0.2) is 9.59 Å². The molecule has 0 aromatic heterocycles. The van der Waals surface area contributed by atoms with Crippen molar-refractivity contribution >= 4 is 12.3 Å². The Morgan fingerprint density at radius 2 is 1.53 bits per heavy atom. The summed E-state index contributed by atoms with van der Waals surface area (Å²) in [5, 5.41) is 16.0. The van der Waals surface area contributed by atoms with Gasteiger partial charge in [0.05, 0.1) is 13.2 Å². The van der Waals surface area contributed by atoms with Crippen LogP contribution in [0.5, 0.6) is 0 Å². The molecule has 0 rings (SSSR count). The van der Waals surface area contributed by atoms with Gasteiger partial charge in [-0.3, -0.25) is 0 Å². The molecule has 0 amide bonds. The van der Waals surface area contributed by atoms with Crippen LogP contribution >= 0.6 is 0 Å². The van der Waals surface area contributed by atoms with E-state index in [1.54, 1.807) is 14.2 Å². The fourth-order valence-electron chi connectivity index (χ4n) is 0.561. The fraction of sp³-hybridized carbons (Fsp3) is 0.778. The lowest BCUT2D eigenvalue weighted by atomic mass is 10.4. The highest BCUT2D eigenvalue weighted by atomic mass is 16.7. The topological polar surface area (TPSA) is 112 Å². The van der Waals surface area contributed by atoms with E-state index in [1.165, 1.54) is 6.92 Å². The fourth-order valence-corrected chi connectivity index (χ4v) is 0.561. The van der Waals surface area contributed by atoms with Gasteiger partial charge in [0.1, 0.15) is 12.7 Å². The summed E-state index contributed by atoms with van der Waals surface area (Å²) in [6.45, 7) is 2.48. The van der Waals surface area contributed by atoms with Crippen LogP contribution in [0.4, 0.5) is 9.59 Å². The van der Waals surface area contributed by atoms with Gasteiger partial charge in [-0.2, -0.15) is 0 Å². The van der Waals surface area contributed by atoms with Gasteiger partial charge in [0.15, 0.2) is 0 Å². The van der Waals surface area contributed by atoms with Crippen molar-refractivity contribution in [2.45, 2.75) is 13.0 Å². The zero-order valence-corrected chi connectivity index (χ0v) is 10.0. The minimum absolute atomic E-state index is 0.290. The maximum atomic E-state index is 9.83. The van der Waals surface area contributed by atoms with E-state index in [9.17, 15) is 9.59 Å². The van der Waals surface area contributed by atoms with Gasteiger partial charge in [-0.1, -0.05) is 0 Å². The first-order valence-corrected chi connectivity index (χ1v) is 4.67. The number of carboxylic acid groups (broad SMARTS) is 2. The van der Waals surface area contributed by atoms with Gasteiger partial charge in [-0.15, -0.1) is 0 Å². The molecular weight excluding hydrogens is 236 g/mol. The standard InChI is InChI=1S/C5H8O6.C4H10O2/c1-3(11-5(8)9)2-10-4(6)7;1-5-3-4-6-2/h3H,2H2,1H3,(H,6,7)(H,8,9);3-4H2,1-2H3. The monoisotopic (exact) mass is 254 g/mol. The number of rotatable bonds is 6. The molecule has 8 nitrogen and oxygen atoms in total. The zero-order chi connectivity index (χ0) is 13.7. The summed E-state index contributed by atoms with van der Waals surface area (Å²) in [4.78, 5) is 19.6. The Kier molecular flexibility index (Phi) is 13.2. The van der Waals surface area contributed by atoms with Crippen molar-refractivity contribution in [3.05, 3.63) is 0 Å². The van der Waals surface area contributed by atoms with Crippen LogP contribution in [0, 0.1) is 0 Å². The Labute approximate surface area is 99.0 Å². The Bertz CT molecular complexity index is 201. The second-order valence-corrected chi connectivity index (χ2v) is 2.76. The summed E-state index contributed by atoms with van der Waals surface area (Å²) in [7, 11) is 3.30. The maximum Gasteiger partial charge on any atom is 0.506 e. The second-order valence-electron chi connectivity index (χ2n) is 2.76. The third-order valence-corrected chi connectivity index (χ3v) is 1.24. The molecule has 0 aliphatic rings. The molecule has 0 aromatic carbocycles. The first-order valence-electron chi connectivity index (χ1n) is 4.67. The molecule has 0 aliphatic heterocycles. The molecule has 0 aliphatic carbocycles. The van der Waals surface area contributed by atoms with Gasteiger partial charge in [0.25, 0.3) is 0 Å². The van der Waals surface area contributed by atoms with E-state index >= 15 is 0 Å². The van der Waals surface area contributed by atoms with E-state index in [2.05, 4.69) is 18.9 Å². The molecule has 1 unspecified atom stereocenters. The smallest absolute Gasteiger partial charge is 0.450 e. The third kappa shape index (κ3) is 20.5. The molecular formula is C9H18O8. The molecule has 0 fully saturated rings. The minimum atomic E-state index is -1.45. The lowest BCUT2D eigenvalue weighted by Gasteiger charge is -2.08. The molecule has 17 heavy (non-hydrogen) atoms. The van der Waals surface area contributed by atoms with E-state index in [4.69, 9.17) is 10.2 Å². The minimum Gasteiger partial charge on any atom is -0.450 e. The lowest BCUT2D eigenvalue weighted by molar-refractivity contribution is 0.0122. The summed E-state index contributed by atoms with van der Waals surface area (Å²) in [5.41, 5.74) is 0. The molecule has 2 N–H and O–H groups in total. The van der Waals surface area contributed by atoms with Crippen molar-refractivity contribution in [3.8, 4) is 0 Å². The summed E-state index contributed by atoms with van der Waals surface area (Å²) < 4.78 is 17.5. The van der Waals surface area contributed by atoms with Crippen LogP contribution in [0.2, 0.25) is 0 Å². The van der Waals surface area contributed by atoms with Crippen molar-refractivity contribution in [1.82, 2.24) is 0 Å². The SMILES string of the molecule is CC(COC(=O)O)OC(=O)O.COCCOC. The number of methoxy groups -OCH3 is 2. The van der Waals surface area contributed by atoms with E-state index in [-0.39, 0.29) is 6.61 Å². The van der Waals surface area contributed by atoms with E-state index in [0.717, 1.165) is 0 Å². The molecule has 1 atom stereocenters. The Balaban J connectivity index is 0. The molecule has 0 aromatic rings. The Hall–Kier alpha value is -1.54. The summed E-state index contributed by atoms with van der Waals surface area (Å²) >= 11 is 0. The highest BCUT2D eigenvalue weighted by Gasteiger charge is 2.09. The Morgan fingerprint density at radius 1 is 1.06 bits per heavy atom. The number of hydrogen-bond donors (Lipinski definition) is 2. The van der Waals surface area contributed by atoms with Gasteiger partial charge in [0.2, 0.25) is 0 Å². The largest absolute Gasteiger partial charge is 0.506 e. The first-order chi connectivity index (χ1) is 7.93. The van der Waals surface area contributed by atoms with Gasteiger partial charge < -0.3 is 29.2 Å². The van der Waals surface area contributed by atoms with E-state index in [0.29, 0.717) is 13.2 Å². The van der Waals surface area contributed by atoms with Crippen LogP contribution < -0.4 is 0 Å². The molecule has 8 heteroatoms. The van der Waals surface area contributed by atoms with Gasteiger partial charge in [0, 0.05) is 14.2 Å². The van der Waals surface area contributed by atoms with E-state index in [1.807, 2.05) is 0 Å². The summed E-state index contributed by atoms with van der Waals surface area (Å²) in [6.07, 6.45) is -3.68. The average molecular weight is 254 g/mol. The molecule has 0 spiro atoms. The van der Waals surface area contributed by atoms with Crippen LogP contribution in [-0.2, 0) is 18.9 Å². The number of ether oxygens (including phenoxy) is 4. The highest BCUT2D eigenvalue weighted by molar-refractivity contribution is 5.58. The van der Waals surface area contributed by atoms with Crippen molar-refractivity contribution in [2.24, 2.45) is 0 Å². The number of carbonyl (C=O) groups is 2. The lowest BCUT2D eigenvalue weighted by Crippen LogP contribution is -2.20. The predicted octanol–water partition coefficient (Wildman–Crippen LogP) is 1.04. The van der Waals surface area contributed by atoms with Crippen LogP contribution in [0.15, 0.2) is 0 Å². The first kappa shape index (κ1) is 17.8. The quantitative estimate of drug-likeness (QED) is 0.534. The van der Waals surface area contributed by atoms with Crippen molar-refractivity contribution in [1.29, 1.82) is 0 Å². The van der Waals surface area contributed by atoms with E-state index < -0.39 is 18.4 Å². The van der Waals surface area contributed by atoms with Crippen molar-refractivity contribution in [3.63, 3.8) is 0 Å². The molecule has 0 saturated heterocycles. The maximum absolute atomic E-state index is 9.83. The van der Waals surface area contributed by atoms with Crippen LogP contribution in [0.3, 0.4) is 0 Å². The molecule has 102 valence electrons.